The van der Waals surface area contributed by atoms with Crippen molar-refractivity contribution in [2.75, 3.05) is 32.6 Å². The molecule has 1 aliphatic heterocycles. The predicted molar refractivity (Wildman–Crippen MR) is 103 cm³/mol. The Morgan fingerprint density at radius 1 is 1.11 bits per heavy atom. The van der Waals surface area contributed by atoms with Gasteiger partial charge >= 0.3 is 0 Å². The van der Waals surface area contributed by atoms with E-state index in [4.69, 9.17) is 9.47 Å². The van der Waals surface area contributed by atoms with Gasteiger partial charge in [0.15, 0.2) is 11.5 Å². The first-order chi connectivity index (χ1) is 13.1. The van der Waals surface area contributed by atoms with Crippen molar-refractivity contribution in [2.45, 2.75) is 12.8 Å². The summed E-state index contributed by atoms with van der Waals surface area (Å²) in [5, 5.41) is 2.87. The first-order valence-electron chi connectivity index (χ1n) is 8.95. The number of ether oxygens (including phenoxy) is 2. The van der Waals surface area contributed by atoms with E-state index in [1.54, 1.807) is 37.3 Å². The molecule has 6 nitrogen and oxygen atoms in total. The second-order valence-electron chi connectivity index (χ2n) is 6.54. The fraction of sp³-hybridized carbons (Fsp3) is 0.333. The van der Waals surface area contributed by atoms with E-state index >= 15 is 0 Å². The zero-order valence-electron chi connectivity index (χ0n) is 15.6. The average Bonchev–Trinajstić information content (AvgIpc) is 3.08. The summed E-state index contributed by atoms with van der Waals surface area (Å²) in [6, 6.07) is 15.2. The molecule has 0 aromatic heterocycles. The fourth-order valence-corrected chi connectivity index (χ4v) is 3.23. The number of nitrogens with one attached hydrogen (secondary N) is 1. The van der Waals surface area contributed by atoms with Crippen LogP contribution in [-0.2, 0) is 16.0 Å². The highest BCUT2D eigenvalue weighted by Gasteiger charge is 2.34. The van der Waals surface area contributed by atoms with E-state index in [0.717, 1.165) is 6.42 Å². The molecule has 2 amide bonds. The molecule has 2 aromatic rings. The summed E-state index contributed by atoms with van der Waals surface area (Å²) in [4.78, 5) is 26.6. The Morgan fingerprint density at radius 2 is 1.85 bits per heavy atom. The number of likely N-dealkylation sites (tertiary alicyclic amines) is 1. The van der Waals surface area contributed by atoms with E-state index in [-0.39, 0.29) is 24.2 Å². The summed E-state index contributed by atoms with van der Waals surface area (Å²) in [5.41, 5.74) is 1.80. The summed E-state index contributed by atoms with van der Waals surface area (Å²) in [5.74, 6) is 0.665. The van der Waals surface area contributed by atoms with Gasteiger partial charge in [-0.1, -0.05) is 30.3 Å². The topological polar surface area (TPSA) is 67.9 Å². The van der Waals surface area contributed by atoms with Crippen LogP contribution in [0.4, 0.5) is 5.69 Å². The molecule has 1 aliphatic rings. The van der Waals surface area contributed by atoms with Crippen LogP contribution in [0.25, 0.3) is 0 Å². The van der Waals surface area contributed by atoms with Gasteiger partial charge in [0.25, 0.3) is 0 Å². The quantitative estimate of drug-likeness (QED) is 0.816. The summed E-state index contributed by atoms with van der Waals surface area (Å²) in [6.45, 7) is 1.08. The van der Waals surface area contributed by atoms with Crippen molar-refractivity contribution in [1.29, 1.82) is 0 Å². The van der Waals surface area contributed by atoms with E-state index in [2.05, 4.69) is 5.32 Å². The molecule has 27 heavy (non-hydrogen) atoms. The van der Waals surface area contributed by atoms with Crippen molar-refractivity contribution >= 4 is 17.5 Å². The Balaban J connectivity index is 1.57. The van der Waals surface area contributed by atoms with Gasteiger partial charge in [0.2, 0.25) is 11.8 Å². The second kappa shape index (κ2) is 8.58. The Hall–Kier alpha value is -3.02. The highest BCUT2D eigenvalue weighted by Crippen LogP contribution is 2.30. The van der Waals surface area contributed by atoms with Gasteiger partial charge in [0.05, 0.1) is 20.1 Å². The Bertz CT molecular complexity index is 807. The zero-order valence-corrected chi connectivity index (χ0v) is 15.6. The minimum Gasteiger partial charge on any atom is -0.493 e. The highest BCUT2D eigenvalue weighted by molar-refractivity contribution is 5.97. The molecule has 1 fully saturated rings. The largest absolute Gasteiger partial charge is 0.493 e. The minimum absolute atomic E-state index is 0.0263. The molecule has 1 atom stereocenters. The Kier molecular flexibility index (Phi) is 5.96. The van der Waals surface area contributed by atoms with Crippen LogP contribution in [0.2, 0.25) is 0 Å². The maximum absolute atomic E-state index is 12.6. The van der Waals surface area contributed by atoms with E-state index in [1.165, 1.54) is 5.56 Å². The van der Waals surface area contributed by atoms with Crippen molar-refractivity contribution in [3.63, 3.8) is 0 Å². The van der Waals surface area contributed by atoms with Gasteiger partial charge in [-0.2, -0.15) is 0 Å². The van der Waals surface area contributed by atoms with Gasteiger partial charge in [0, 0.05) is 31.3 Å². The van der Waals surface area contributed by atoms with Gasteiger partial charge in [-0.3, -0.25) is 9.59 Å². The van der Waals surface area contributed by atoms with E-state index in [9.17, 15) is 9.59 Å². The fourth-order valence-electron chi connectivity index (χ4n) is 3.23. The molecule has 1 heterocycles. The molecule has 0 saturated carbocycles. The number of amides is 2. The molecule has 1 N–H and O–H groups in total. The molecule has 0 aliphatic carbocycles. The van der Waals surface area contributed by atoms with Crippen LogP contribution in [0.1, 0.15) is 12.0 Å². The minimum atomic E-state index is -0.346. The molecular weight excluding hydrogens is 344 g/mol. The lowest BCUT2D eigenvalue weighted by atomic mass is 10.1. The monoisotopic (exact) mass is 368 g/mol. The van der Waals surface area contributed by atoms with Gasteiger partial charge in [0.1, 0.15) is 0 Å². The number of benzene rings is 2. The molecule has 2 aromatic carbocycles. The number of anilines is 1. The summed E-state index contributed by atoms with van der Waals surface area (Å²) in [7, 11) is 3.11. The van der Waals surface area contributed by atoms with E-state index in [1.807, 2.05) is 30.3 Å². The second-order valence-corrected chi connectivity index (χ2v) is 6.54. The Labute approximate surface area is 159 Å². The lowest BCUT2D eigenvalue weighted by Gasteiger charge is -2.17. The van der Waals surface area contributed by atoms with Crippen molar-refractivity contribution in [3.8, 4) is 11.5 Å². The summed E-state index contributed by atoms with van der Waals surface area (Å²) < 4.78 is 10.5. The molecule has 3 rings (SSSR count). The van der Waals surface area contributed by atoms with Crippen molar-refractivity contribution in [3.05, 3.63) is 54.1 Å². The summed E-state index contributed by atoms with van der Waals surface area (Å²) >= 11 is 0. The first kappa shape index (κ1) is 18.8. The predicted octanol–water partition coefficient (Wildman–Crippen LogP) is 2.73. The smallest absolute Gasteiger partial charge is 0.229 e. The van der Waals surface area contributed by atoms with Crippen LogP contribution in [0, 0.1) is 5.92 Å². The SMILES string of the molecule is COc1ccc(NC(=O)C2CC(=O)N(CCc3ccccc3)C2)cc1OC. The van der Waals surface area contributed by atoms with Crippen molar-refractivity contribution < 1.29 is 19.1 Å². The Morgan fingerprint density at radius 3 is 2.56 bits per heavy atom. The summed E-state index contributed by atoms with van der Waals surface area (Å²) in [6.07, 6.45) is 1.03. The van der Waals surface area contributed by atoms with Crippen LogP contribution in [0.5, 0.6) is 11.5 Å². The number of methoxy groups -OCH3 is 2. The zero-order chi connectivity index (χ0) is 19.2. The number of rotatable bonds is 7. The molecular formula is C21H24N2O4. The van der Waals surface area contributed by atoms with E-state index < -0.39 is 0 Å². The van der Waals surface area contributed by atoms with Crippen LogP contribution >= 0.6 is 0 Å². The molecule has 0 radical (unpaired) electrons. The third-order valence-corrected chi connectivity index (χ3v) is 4.75. The maximum atomic E-state index is 12.6. The lowest BCUT2D eigenvalue weighted by Crippen LogP contribution is -2.30. The van der Waals surface area contributed by atoms with Crippen molar-refractivity contribution in [2.24, 2.45) is 5.92 Å². The molecule has 0 spiro atoms. The van der Waals surface area contributed by atoms with Gasteiger partial charge in [-0.15, -0.1) is 0 Å². The number of carbonyl (C=O) groups is 2. The highest BCUT2D eigenvalue weighted by atomic mass is 16.5. The third-order valence-electron chi connectivity index (χ3n) is 4.75. The molecule has 6 heteroatoms. The third kappa shape index (κ3) is 4.58. The standard InChI is InChI=1S/C21H24N2O4/c1-26-18-9-8-17(13-19(18)27-2)22-21(25)16-12-20(24)23(14-16)11-10-15-6-4-3-5-7-15/h3-9,13,16H,10-12,14H2,1-2H3,(H,22,25). The lowest BCUT2D eigenvalue weighted by molar-refractivity contribution is -0.128. The number of hydrogen-bond donors (Lipinski definition) is 1. The van der Waals surface area contributed by atoms with Crippen LogP contribution in [0.3, 0.4) is 0 Å². The normalized spacial score (nSPS) is 16.3. The van der Waals surface area contributed by atoms with Crippen molar-refractivity contribution in [1.82, 2.24) is 4.90 Å². The first-order valence-corrected chi connectivity index (χ1v) is 8.95. The molecule has 142 valence electrons. The van der Waals surface area contributed by atoms with Gasteiger partial charge < -0.3 is 19.7 Å². The maximum Gasteiger partial charge on any atom is 0.229 e. The van der Waals surface area contributed by atoms with Crippen LogP contribution in [-0.4, -0.2) is 44.0 Å². The molecule has 0 bridgehead atoms. The van der Waals surface area contributed by atoms with Gasteiger partial charge in [-0.25, -0.2) is 0 Å². The van der Waals surface area contributed by atoms with Crippen LogP contribution in [0.15, 0.2) is 48.5 Å². The van der Waals surface area contributed by atoms with E-state index in [0.29, 0.717) is 30.3 Å². The van der Waals surface area contributed by atoms with Crippen LogP contribution < -0.4 is 14.8 Å². The number of carbonyl (C=O) groups excluding carboxylic acids is 2. The molecule has 1 unspecified atom stereocenters. The average molecular weight is 368 g/mol. The number of hydrogen-bond acceptors (Lipinski definition) is 4. The number of nitrogens with zero attached hydrogens (tertiary/aromatic N) is 1. The molecule has 1 saturated heterocycles. The van der Waals surface area contributed by atoms with Gasteiger partial charge in [-0.05, 0) is 24.1 Å².